The van der Waals surface area contributed by atoms with Crippen LogP contribution in [-0.4, -0.2) is 20.9 Å². The molecule has 0 radical (unpaired) electrons. The number of ether oxygens (including phenoxy) is 1. The summed E-state index contributed by atoms with van der Waals surface area (Å²) in [6.07, 6.45) is -10.1. The van der Waals surface area contributed by atoms with Gasteiger partial charge in [0.2, 0.25) is 0 Å². The number of benzene rings is 3. The van der Waals surface area contributed by atoms with Crippen molar-refractivity contribution in [2.24, 2.45) is 0 Å². The molecule has 0 spiro atoms. The number of halogens is 7. The Morgan fingerprint density at radius 2 is 1.43 bits per heavy atom. The summed E-state index contributed by atoms with van der Waals surface area (Å²) < 4.78 is 110. The highest BCUT2D eigenvalue weighted by molar-refractivity contribution is 7.92. The van der Waals surface area contributed by atoms with Crippen molar-refractivity contribution in [1.29, 1.82) is 0 Å². The van der Waals surface area contributed by atoms with E-state index in [2.05, 4.69) is 4.72 Å². The molecule has 0 aliphatic carbocycles. The number of carbonyl (C=O) groups is 1. The Bertz CT molecular complexity index is 1380. The van der Waals surface area contributed by atoms with Crippen molar-refractivity contribution in [3.63, 3.8) is 0 Å². The molecule has 6 nitrogen and oxygen atoms in total. The lowest BCUT2D eigenvalue weighted by atomic mass is 10.1. The molecule has 0 bridgehead atoms. The molecule has 0 fully saturated rings. The Labute approximate surface area is 212 Å². The number of carbonyl (C=O) groups excluding carboxylic acids is 1. The highest BCUT2D eigenvalue weighted by atomic mass is 35.5. The van der Waals surface area contributed by atoms with Crippen LogP contribution < -0.4 is 14.8 Å². The predicted molar refractivity (Wildman–Crippen MR) is 124 cm³/mol. The van der Waals surface area contributed by atoms with E-state index in [0.29, 0.717) is 17.2 Å². The fraction of sp³-hybridized carbons (Fsp3) is 0.174. The quantitative estimate of drug-likeness (QED) is 0.320. The molecule has 3 aromatic carbocycles. The maximum absolute atomic E-state index is 13.0. The zero-order valence-electron chi connectivity index (χ0n) is 18.7. The van der Waals surface area contributed by atoms with Gasteiger partial charge in [0.05, 0.1) is 21.7 Å². The monoisotopic (exact) mass is 566 g/mol. The zero-order chi connectivity index (χ0) is 27.6. The normalized spacial score (nSPS) is 12.2. The van der Waals surface area contributed by atoms with E-state index in [0.717, 1.165) is 5.56 Å². The maximum atomic E-state index is 13.0. The van der Waals surface area contributed by atoms with Crippen LogP contribution in [0, 0.1) is 6.92 Å². The average molecular weight is 567 g/mol. The number of aryl methyl sites for hydroxylation is 1. The standard InChI is InChI=1S/C23H17ClF6N2O4S/c1-13-2-3-16(11-20(13)24)32-37(34,35)19-6-4-18(5-7-19)36-12-21(33)31-17-9-14(22(25,26)27)8-15(10-17)23(28,29)30/h2-11,32H,12H2,1H3,(H,31,33). The number of alkyl halides is 6. The van der Waals surface area contributed by atoms with Crippen molar-refractivity contribution in [3.05, 3.63) is 82.4 Å². The van der Waals surface area contributed by atoms with Crippen molar-refractivity contribution in [2.75, 3.05) is 16.6 Å². The Kier molecular flexibility index (Phi) is 7.98. The highest BCUT2D eigenvalue weighted by Gasteiger charge is 2.37. The minimum absolute atomic E-state index is 0.0208. The number of hydrogen-bond acceptors (Lipinski definition) is 4. The molecule has 37 heavy (non-hydrogen) atoms. The summed E-state index contributed by atoms with van der Waals surface area (Å²) in [5.74, 6) is -1.02. The van der Waals surface area contributed by atoms with Crippen LogP contribution in [0.25, 0.3) is 0 Å². The van der Waals surface area contributed by atoms with E-state index in [4.69, 9.17) is 16.3 Å². The lowest BCUT2D eigenvalue weighted by Gasteiger charge is -2.15. The molecule has 0 aromatic heterocycles. The molecule has 198 valence electrons. The summed E-state index contributed by atoms with van der Waals surface area (Å²) in [7, 11) is -3.99. The van der Waals surface area contributed by atoms with Crippen LogP contribution in [0.4, 0.5) is 37.7 Å². The van der Waals surface area contributed by atoms with E-state index < -0.39 is 51.7 Å². The number of hydrogen-bond donors (Lipinski definition) is 2. The Balaban J connectivity index is 1.65. The summed E-state index contributed by atoms with van der Waals surface area (Å²) in [6.45, 7) is 0.975. The molecule has 3 aromatic rings. The predicted octanol–water partition coefficient (Wildman–Crippen LogP) is 6.50. The fourth-order valence-electron chi connectivity index (χ4n) is 2.96. The van der Waals surface area contributed by atoms with Crippen LogP contribution in [-0.2, 0) is 27.2 Å². The van der Waals surface area contributed by atoms with Gasteiger partial charge in [0.1, 0.15) is 5.75 Å². The SMILES string of the molecule is Cc1ccc(NS(=O)(=O)c2ccc(OCC(=O)Nc3cc(C(F)(F)F)cc(C(F)(F)F)c3)cc2)cc1Cl. The molecule has 2 N–H and O–H groups in total. The van der Waals surface area contributed by atoms with Crippen molar-refractivity contribution < 1.29 is 44.3 Å². The van der Waals surface area contributed by atoms with Crippen molar-refractivity contribution in [2.45, 2.75) is 24.2 Å². The largest absolute Gasteiger partial charge is 0.484 e. The topological polar surface area (TPSA) is 84.5 Å². The van der Waals surface area contributed by atoms with Gasteiger partial charge in [-0.2, -0.15) is 26.3 Å². The molecule has 0 unspecified atom stereocenters. The second-order valence-corrected chi connectivity index (χ2v) is 9.76. The van der Waals surface area contributed by atoms with Crippen molar-refractivity contribution in [3.8, 4) is 5.75 Å². The molecular formula is C23H17ClF6N2O4S. The first-order valence-corrected chi connectivity index (χ1v) is 12.0. The van der Waals surface area contributed by atoms with Gasteiger partial charge in [0.25, 0.3) is 15.9 Å². The van der Waals surface area contributed by atoms with Gasteiger partial charge in [0.15, 0.2) is 6.61 Å². The Morgan fingerprint density at radius 1 is 0.865 bits per heavy atom. The van der Waals surface area contributed by atoms with E-state index in [1.807, 2.05) is 5.32 Å². The van der Waals surface area contributed by atoms with Crippen LogP contribution in [0.1, 0.15) is 16.7 Å². The number of rotatable bonds is 7. The van der Waals surface area contributed by atoms with Crippen LogP contribution in [0.3, 0.4) is 0 Å². The number of sulfonamides is 1. The van der Waals surface area contributed by atoms with Crippen molar-refractivity contribution in [1.82, 2.24) is 0 Å². The number of nitrogens with one attached hydrogen (secondary N) is 2. The summed E-state index contributed by atoms with van der Waals surface area (Å²) in [5.41, 5.74) is -2.91. The van der Waals surface area contributed by atoms with Gasteiger partial charge in [-0.15, -0.1) is 0 Å². The van der Waals surface area contributed by atoms with E-state index in [1.165, 1.54) is 36.4 Å². The molecule has 0 atom stereocenters. The average Bonchev–Trinajstić information content (AvgIpc) is 2.79. The molecule has 0 aliphatic rings. The zero-order valence-corrected chi connectivity index (χ0v) is 20.2. The van der Waals surface area contributed by atoms with Crippen LogP contribution in [0.2, 0.25) is 5.02 Å². The minimum atomic E-state index is -5.07. The van der Waals surface area contributed by atoms with E-state index in [9.17, 15) is 39.6 Å². The number of amides is 1. The Hall–Kier alpha value is -3.45. The maximum Gasteiger partial charge on any atom is 0.416 e. The van der Waals surface area contributed by atoms with E-state index >= 15 is 0 Å². The third kappa shape index (κ3) is 7.52. The lowest BCUT2D eigenvalue weighted by Crippen LogP contribution is -2.21. The van der Waals surface area contributed by atoms with Gasteiger partial charge in [-0.05, 0) is 67.1 Å². The van der Waals surface area contributed by atoms with Crippen molar-refractivity contribution >= 4 is 38.9 Å². The van der Waals surface area contributed by atoms with Gasteiger partial charge in [-0.25, -0.2) is 8.42 Å². The fourth-order valence-corrected chi connectivity index (χ4v) is 4.19. The summed E-state index contributed by atoms with van der Waals surface area (Å²) >= 11 is 5.99. The molecule has 0 heterocycles. The highest BCUT2D eigenvalue weighted by Crippen LogP contribution is 2.37. The molecule has 0 aliphatic heterocycles. The van der Waals surface area contributed by atoms with Gasteiger partial charge in [0, 0.05) is 10.7 Å². The third-order valence-corrected chi connectivity index (χ3v) is 6.60. The number of anilines is 2. The molecule has 3 rings (SSSR count). The minimum Gasteiger partial charge on any atom is -0.484 e. The molecular weight excluding hydrogens is 550 g/mol. The van der Waals surface area contributed by atoms with Gasteiger partial charge in [-0.3, -0.25) is 9.52 Å². The van der Waals surface area contributed by atoms with Gasteiger partial charge >= 0.3 is 12.4 Å². The first-order chi connectivity index (χ1) is 17.0. The first kappa shape index (κ1) is 28.1. The van der Waals surface area contributed by atoms with Crippen LogP contribution in [0.15, 0.2) is 65.6 Å². The lowest BCUT2D eigenvalue weighted by molar-refractivity contribution is -0.143. The smallest absolute Gasteiger partial charge is 0.416 e. The molecule has 0 saturated heterocycles. The van der Waals surface area contributed by atoms with E-state index in [1.54, 1.807) is 13.0 Å². The van der Waals surface area contributed by atoms with Crippen LogP contribution >= 0.6 is 11.6 Å². The summed E-state index contributed by atoms with van der Waals surface area (Å²) in [5, 5.41) is 2.29. The third-order valence-electron chi connectivity index (χ3n) is 4.80. The molecule has 1 amide bonds. The Morgan fingerprint density at radius 3 is 1.95 bits per heavy atom. The molecule has 0 saturated carbocycles. The van der Waals surface area contributed by atoms with Crippen LogP contribution in [0.5, 0.6) is 5.75 Å². The van der Waals surface area contributed by atoms with E-state index in [-0.39, 0.29) is 22.4 Å². The second kappa shape index (κ2) is 10.5. The summed E-state index contributed by atoms with van der Waals surface area (Å²) in [4.78, 5) is 11.9. The molecule has 14 heteroatoms. The summed E-state index contributed by atoms with van der Waals surface area (Å²) in [6, 6.07) is 10.0. The first-order valence-electron chi connectivity index (χ1n) is 10.2. The van der Waals surface area contributed by atoms with Gasteiger partial charge < -0.3 is 10.1 Å². The second-order valence-electron chi connectivity index (χ2n) is 7.67. The van der Waals surface area contributed by atoms with Gasteiger partial charge in [-0.1, -0.05) is 17.7 Å².